The first-order chi connectivity index (χ1) is 9.20. The molecule has 0 unspecified atom stereocenters. The van der Waals surface area contributed by atoms with Crippen LogP contribution in [0, 0.1) is 0 Å². The maximum absolute atomic E-state index is 5.91. The second kappa shape index (κ2) is 6.76. The molecule has 0 amide bonds. The van der Waals surface area contributed by atoms with E-state index in [9.17, 15) is 0 Å². The summed E-state index contributed by atoms with van der Waals surface area (Å²) in [7, 11) is 0. The Morgan fingerprint density at radius 1 is 1.20 bits per heavy atom. The van der Waals surface area contributed by atoms with Gasteiger partial charge in [-0.15, -0.1) is 23.7 Å². The van der Waals surface area contributed by atoms with E-state index in [1.807, 2.05) is 12.1 Å². The van der Waals surface area contributed by atoms with Gasteiger partial charge < -0.3 is 5.73 Å². The van der Waals surface area contributed by atoms with E-state index in [-0.39, 0.29) is 12.4 Å². The molecule has 0 radical (unpaired) electrons. The zero-order valence-corrected chi connectivity index (χ0v) is 13.4. The fraction of sp³-hybridized carbons (Fsp3) is 0.357. The number of rotatable bonds is 2. The number of aromatic nitrogens is 1. The molecule has 2 N–H and O–H groups in total. The van der Waals surface area contributed by atoms with Gasteiger partial charge in [-0.1, -0.05) is 23.7 Å². The van der Waals surface area contributed by atoms with E-state index in [1.54, 1.807) is 11.3 Å². The number of fused-ring (bicyclic) bond motifs is 1. The van der Waals surface area contributed by atoms with Gasteiger partial charge in [0.15, 0.2) is 5.13 Å². The molecule has 0 saturated carbocycles. The second-order valence-corrected chi connectivity index (χ2v) is 6.38. The highest BCUT2D eigenvalue weighted by molar-refractivity contribution is 7.15. The van der Waals surface area contributed by atoms with E-state index in [2.05, 4.69) is 22.0 Å². The highest BCUT2D eigenvalue weighted by Crippen LogP contribution is 2.24. The van der Waals surface area contributed by atoms with E-state index in [1.165, 1.54) is 16.1 Å². The smallest absolute Gasteiger partial charge is 0.180 e. The van der Waals surface area contributed by atoms with Crippen LogP contribution < -0.4 is 5.73 Å². The summed E-state index contributed by atoms with van der Waals surface area (Å²) in [6.45, 7) is 3.08. The summed E-state index contributed by atoms with van der Waals surface area (Å²) >= 11 is 7.55. The van der Waals surface area contributed by atoms with Crippen LogP contribution in [0.4, 0.5) is 5.13 Å². The van der Waals surface area contributed by atoms with Crippen LogP contribution in [-0.2, 0) is 19.4 Å². The number of nitrogens with two attached hydrogens (primary N) is 1. The standard InChI is InChI=1S/C14H16ClN3S.ClH/c15-11-3-1-10(2-4-11)9-18-7-5-12-13(6-8-18)19-14(16)17-12;/h1-4H,5-9H2,(H2,16,17);1H. The van der Waals surface area contributed by atoms with Crippen molar-refractivity contribution >= 4 is 40.5 Å². The van der Waals surface area contributed by atoms with Gasteiger partial charge in [0.2, 0.25) is 0 Å². The van der Waals surface area contributed by atoms with Crippen molar-refractivity contribution in [2.75, 3.05) is 18.8 Å². The minimum absolute atomic E-state index is 0. The zero-order valence-electron chi connectivity index (χ0n) is 11.0. The average molecular weight is 330 g/mol. The van der Waals surface area contributed by atoms with Crippen molar-refractivity contribution in [2.45, 2.75) is 19.4 Å². The Hall–Kier alpha value is -0.810. The fourth-order valence-corrected chi connectivity index (χ4v) is 3.43. The molecule has 20 heavy (non-hydrogen) atoms. The molecule has 0 fully saturated rings. The molecule has 2 aromatic rings. The van der Waals surface area contributed by atoms with Gasteiger partial charge >= 0.3 is 0 Å². The fourth-order valence-electron chi connectivity index (χ4n) is 2.44. The number of anilines is 1. The molecule has 3 rings (SSSR count). The highest BCUT2D eigenvalue weighted by Gasteiger charge is 2.17. The Kier molecular flexibility index (Phi) is 5.27. The number of benzene rings is 1. The first-order valence-electron chi connectivity index (χ1n) is 6.41. The third-order valence-corrected chi connectivity index (χ3v) is 4.67. The molecule has 0 aliphatic carbocycles. The molecule has 1 aliphatic heterocycles. The number of nitrogens with zero attached hydrogens (tertiary/aromatic N) is 2. The molecule has 1 aliphatic rings. The number of halogens is 2. The molecule has 0 saturated heterocycles. The molecular weight excluding hydrogens is 313 g/mol. The maximum Gasteiger partial charge on any atom is 0.180 e. The van der Waals surface area contributed by atoms with E-state index in [0.717, 1.165) is 37.5 Å². The number of nitrogen functional groups attached to an aromatic ring is 1. The molecule has 108 valence electrons. The molecular formula is C14H17Cl2N3S. The van der Waals surface area contributed by atoms with E-state index >= 15 is 0 Å². The lowest BCUT2D eigenvalue weighted by molar-refractivity contribution is 0.279. The summed E-state index contributed by atoms with van der Waals surface area (Å²) in [5.74, 6) is 0. The van der Waals surface area contributed by atoms with Crippen molar-refractivity contribution in [3.63, 3.8) is 0 Å². The van der Waals surface area contributed by atoms with Gasteiger partial charge in [-0.3, -0.25) is 4.90 Å². The molecule has 1 aromatic heterocycles. The molecule has 6 heteroatoms. The van der Waals surface area contributed by atoms with Gasteiger partial charge in [0, 0.05) is 36.0 Å². The van der Waals surface area contributed by atoms with Crippen LogP contribution in [0.1, 0.15) is 16.1 Å². The van der Waals surface area contributed by atoms with Crippen LogP contribution in [0.2, 0.25) is 5.02 Å². The summed E-state index contributed by atoms with van der Waals surface area (Å²) in [6, 6.07) is 8.10. The van der Waals surface area contributed by atoms with Gasteiger partial charge in [-0.25, -0.2) is 4.98 Å². The van der Waals surface area contributed by atoms with Gasteiger partial charge in [0.1, 0.15) is 0 Å². The average Bonchev–Trinajstić information content (AvgIpc) is 2.66. The summed E-state index contributed by atoms with van der Waals surface area (Å²) in [6.07, 6.45) is 2.05. The van der Waals surface area contributed by atoms with E-state index in [4.69, 9.17) is 17.3 Å². The maximum atomic E-state index is 5.91. The Balaban J connectivity index is 0.00000147. The van der Waals surface area contributed by atoms with Crippen molar-refractivity contribution in [1.82, 2.24) is 9.88 Å². The largest absolute Gasteiger partial charge is 0.375 e. The van der Waals surface area contributed by atoms with Gasteiger partial charge in [-0.05, 0) is 24.1 Å². The van der Waals surface area contributed by atoms with Crippen molar-refractivity contribution in [3.8, 4) is 0 Å². The monoisotopic (exact) mass is 329 g/mol. The Bertz CT molecular complexity index is 543. The topological polar surface area (TPSA) is 42.1 Å². The second-order valence-electron chi connectivity index (χ2n) is 4.82. The predicted molar refractivity (Wildman–Crippen MR) is 87.9 cm³/mol. The number of hydrogen-bond acceptors (Lipinski definition) is 4. The summed E-state index contributed by atoms with van der Waals surface area (Å²) in [5, 5.41) is 1.50. The predicted octanol–water partition coefficient (Wildman–Crippen LogP) is 3.40. The number of hydrogen-bond donors (Lipinski definition) is 1. The summed E-state index contributed by atoms with van der Waals surface area (Å²) in [5.41, 5.74) is 8.27. The molecule has 0 spiro atoms. The summed E-state index contributed by atoms with van der Waals surface area (Å²) in [4.78, 5) is 8.24. The van der Waals surface area contributed by atoms with E-state index in [0.29, 0.717) is 5.13 Å². The van der Waals surface area contributed by atoms with Crippen LogP contribution in [0.15, 0.2) is 24.3 Å². The van der Waals surface area contributed by atoms with Gasteiger partial charge in [-0.2, -0.15) is 0 Å². The Morgan fingerprint density at radius 3 is 2.65 bits per heavy atom. The van der Waals surface area contributed by atoms with Crippen LogP contribution in [-0.4, -0.2) is 23.0 Å². The third-order valence-electron chi connectivity index (χ3n) is 3.43. The quantitative estimate of drug-likeness (QED) is 0.918. The third kappa shape index (κ3) is 3.64. The molecule has 1 aromatic carbocycles. The molecule has 0 bridgehead atoms. The van der Waals surface area contributed by atoms with Crippen LogP contribution >= 0.6 is 35.3 Å². The normalized spacial score (nSPS) is 15.2. The zero-order chi connectivity index (χ0) is 13.2. The highest BCUT2D eigenvalue weighted by atomic mass is 35.5. The lowest BCUT2D eigenvalue weighted by Crippen LogP contribution is -2.26. The van der Waals surface area contributed by atoms with Crippen LogP contribution in [0.5, 0.6) is 0 Å². The van der Waals surface area contributed by atoms with Crippen LogP contribution in [0.3, 0.4) is 0 Å². The Labute approximate surface area is 134 Å². The SMILES string of the molecule is Cl.Nc1nc2c(s1)CCN(Cc1ccc(Cl)cc1)CC2. The number of thiazole rings is 1. The summed E-state index contributed by atoms with van der Waals surface area (Å²) < 4.78 is 0. The van der Waals surface area contributed by atoms with Crippen molar-refractivity contribution in [2.24, 2.45) is 0 Å². The first kappa shape index (κ1) is 15.6. The van der Waals surface area contributed by atoms with E-state index < -0.39 is 0 Å². The van der Waals surface area contributed by atoms with Crippen molar-refractivity contribution in [1.29, 1.82) is 0 Å². The van der Waals surface area contributed by atoms with Gasteiger partial charge in [0.25, 0.3) is 0 Å². The first-order valence-corrected chi connectivity index (χ1v) is 7.61. The molecule has 2 heterocycles. The Morgan fingerprint density at radius 2 is 1.90 bits per heavy atom. The minimum Gasteiger partial charge on any atom is -0.375 e. The lowest BCUT2D eigenvalue weighted by Gasteiger charge is -2.19. The minimum atomic E-state index is 0. The van der Waals surface area contributed by atoms with Crippen molar-refractivity contribution < 1.29 is 0 Å². The molecule has 3 nitrogen and oxygen atoms in total. The van der Waals surface area contributed by atoms with Crippen molar-refractivity contribution in [3.05, 3.63) is 45.4 Å². The lowest BCUT2D eigenvalue weighted by atomic mass is 10.2. The molecule has 0 atom stereocenters. The van der Waals surface area contributed by atoms with Gasteiger partial charge in [0.05, 0.1) is 5.69 Å². The van der Waals surface area contributed by atoms with Crippen LogP contribution in [0.25, 0.3) is 0 Å².